The van der Waals surface area contributed by atoms with Crippen LogP contribution in [-0.4, -0.2) is 25.7 Å². The third-order valence-corrected chi connectivity index (χ3v) is 5.57. The Hall–Kier alpha value is -0.150. The minimum absolute atomic E-state index is 0.0254. The Bertz CT molecular complexity index is 550. The molecule has 0 spiro atoms. The predicted molar refractivity (Wildman–Crippen MR) is 82.4 cm³/mol. The average Bonchev–Trinajstić information content (AvgIpc) is 2.25. The smallest absolute Gasteiger partial charge is 0.243 e. The zero-order valence-corrected chi connectivity index (χ0v) is 14.6. The van der Waals surface area contributed by atoms with Crippen molar-refractivity contribution in [2.75, 3.05) is 12.3 Å². The molecule has 19 heavy (non-hydrogen) atoms. The van der Waals surface area contributed by atoms with E-state index in [9.17, 15) is 13.5 Å². The Balaban J connectivity index is 3.09. The Morgan fingerprint density at radius 3 is 2.47 bits per heavy atom. The first-order valence-electron chi connectivity index (χ1n) is 5.55. The van der Waals surface area contributed by atoms with Gasteiger partial charge in [0.15, 0.2) is 0 Å². The van der Waals surface area contributed by atoms with Crippen molar-refractivity contribution in [1.82, 2.24) is 4.72 Å². The first-order chi connectivity index (χ1) is 8.59. The molecule has 0 aromatic heterocycles. The lowest BCUT2D eigenvalue weighted by atomic mass is 10.1. The van der Waals surface area contributed by atoms with Crippen molar-refractivity contribution in [2.24, 2.45) is 0 Å². The van der Waals surface area contributed by atoms with E-state index in [0.29, 0.717) is 15.4 Å². The van der Waals surface area contributed by atoms with Crippen molar-refractivity contribution in [3.8, 4) is 0 Å². The average molecular weight is 416 g/mol. The molecule has 1 atom stereocenters. The van der Waals surface area contributed by atoms with E-state index in [0.717, 1.165) is 0 Å². The molecule has 4 N–H and O–H groups in total. The predicted octanol–water partition coefficient (Wildman–Crippen LogP) is 2.23. The fraction of sp³-hybridized carbons (Fsp3) is 0.455. The zero-order valence-electron chi connectivity index (χ0n) is 10.6. The van der Waals surface area contributed by atoms with Crippen molar-refractivity contribution in [2.45, 2.75) is 30.8 Å². The van der Waals surface area contributed by atoms with Gasteiger partial charge in [-0.25, -0.2) is 13.1 Å². The number of nitrogens with two attached hydrogens (primary N) is 1. The maximum absolute atomic E-state index is 12.2. The minimum atomic E-state index is -3.78. The summed E-state index contributed by atoms with van der Waals surface area (Å²) in [6.07, 6.45) is 0.437. The minimum Gasteiger partial charge on any atom is -0.398 e. The zero-order chi connectivity index (χ0) is 14.8. The van der Waals surface area contributed by atoms with Crippen LogP contribution in [-0.2, 0) is 10.0 Å². The molecular weight excluding hydrogens is 400 g/mol. The molecule has 0 saturated heterocycles. The molecule has 1 aromatic rings. The van der Waals surface area contributed by atoms with Gasteiger partial charge in [-0.1, -0.05) is 22.9 Å². The fourth-order valence-corrected chi connectivity index (χ4v) is 4.54. The molecule has 8 heteroatoms. The molecule has 1 rings (SSSR count). The number of nitrogens with one attached hydrogen (secondary N) is 1. The molecule has 0 bridgehead atoms. The largest absolute Gasteiger partial charge is 0.398 e. The van der Waals surface area contributed by atoms with Gasteiger partial charge >= 0.3 is 0 Å². The summed E-state index contributed by atoms with van der Waals surface area (Å²) in [5, 5.41) is 9.84. The topological polar surface area (TPSA) is 92.4 Å². The molecule has 0 saturated carbocycles. The summed E-state index contributed by atoms with van der Waals surface area (Å²) in [5.74, 6) is 0. The second-order valence-corrected chi connectivity index (χ2v) is 7.95. The van der Waals surface area contributed by atoms with Gasteiger partial charge in [-0.2, -0.15) is 0 Å². The van der Waals surface area contributed by atoms with Crippen LogP contribution in [0.3, 0.4) is 0 Å². The van der Waals surface area contributed by atoms with Crippen LogP contribution in [0.1, 0.15) is 20.3 Å². The molecule has 108 valence electrons. The summed E-state index contributed by atoms with van der Waals surface area (Å²) in [6, 6.07) is 3.11. The van der Waals surface area contributed by atoms with Crippen molar-refractivity contribution < 1.29 is 13.5 Å². The summed E-state index contributed by atoms with van der Waals surface area (Å²) < 4.78 is 27.8. The Labute approximate surface area is 129 Å². The highest BCUT2D eigenvalue weighted by Gasteiger charge is 2.25. The summed E-state index contributed by atoms with van der Waals surface area (Å²) in [5.41, 5.74) is 4.77. The van der Waals surface area contributed by atoms with Crippen LogP contribution in [0.15, 0.2) is 26.0 Å². The molecule has 1 unspecified atom stereocenters. The molecular formula is C11H16Br2N2O3S. The van der Waals surface area contributed by atoms with E-state index in [-0.39, 0.29) is 17.1 Å². The van der Waals surface area contributed by atoms with E-state index in [4.69, 9.17) is 5.73 Å². The van der Waals surface area contributed by atoms with Gasteiger partial charge in [-0.15, -0.1) is 0 Å². The van der Waals surface area contributed by atoms with E-state index < -0.39 is 15.6 Å². The standard InChI is InChI=1S/C11H16Br2N2O3S/c1-3-11(2,16)6-15-19(17,18)10-8(13)4-7(12)5-9(10)14/h4-5,15-16H,3,6,14H2,1-2H3. The van der Waals surface area contributed by atoms with Gasteiger partial charge in [0, 0.05) is 15.5 Å². The van der Waals surface area contributed by atoms with E-state index in [2.05, 4.69) is 36.6 Å². The van der Waals surface area contributed by atoms with Crippen LogP contribution >= 0.6 is 31.9 Å². The first-order valence-corrected chi connectivity index (χ1v) is 8.62. The highest BCUT2D eigenvalue weighted by Crippen LogP contribution is 2.31. The van der Waals surface area contributed by atoms with Gasteiger partial charge in [-0.05, 0) is 41.4 Å². The normalized spacial score (nSPS) is 15.2. The van der Waals surface area contributed by atoms with Crippen molar-refractivity contribution in [1.29, 1.82) is 0 Å². The molecule has 0 amide bonds. The number of hydrogen-bond donors (Lipinski definition) is 3. The van der Waals surface area contributed by atoms with Gasteiger partial charge in [0.1, 0.15) is 4.90 Å². The maximum Gasteiger partial charge on any atom is 0.243 e. The summed E-state index contributed by atoms with van der Waals surface area (Å²) >= 11 is 6.41. The van der Waals surface area contributed by atoms with Gasteiger partial charge in [0.05, 0.1) is 11.3 Å². The van der Waals surface area contributed by atoms with Crippen LogP contribution in [0.4, 0.5) is 5.69 Å². The van der Waals surface area contributed by atoms with Crippen LogP contribution in [0.5, 0.6) is 0 Å². The van der Waals surface area contributed by atoms with Crippen LogP contribution in [0, 0.1) is 0 Å². The Morgan fingerprint density at radius 2 is 2.00 bits per heavy atom. The highest BCUT2D eigenvalue weighted by molar-refractivity contribution is 9.11. The number of anilines is 1. The molecule has 1 aromatic carbocycles. The van der Waals surface area contributed by atoms with Gasteiger partial charge in [0.2, 0.25) is 10.0 Å². The molecule has 0 fully saturated rings. The number of nitrogen functional groups attached to an aromatic ring is 1. The van der Waals surface area contributed by atoms with Crippen LogP contribution < -0.4 is 10.5 Å². The van der Waals surface area contributed by atoms with Crippen LogP contribution in [0.25, 0.3) is 0 Å². The lowest BCUT2D eigenvalue weighted by Gasteiger charge is -2.22. The summed E-state index contributed by atoms with van der Waals surface area (Å²) in [7, 11) is -3.78. The van der Waals surface area contributed by atoms with Crippen molar-refractivity contribution in [3.63, 3.8) is 0 Å². The fourth-order valence-electron chi connectivity index (χ4n) is 1.31. The lowest BCUT2D eigenvalue weighted by Crippen LogP contribution is -2.40. The van der Waals surface area contributed by atoms with E-state index in [1.54, 1.807) is 19.9 Å². The number of aliphatic hydroxyl groups is 1. The van der Waals surface area contributed by atoms with Gasteiger partial charge in [0.25, 0.3) is 0 Å². The van der Waals surface area contributed by atoms with E-state index >= 15 is 0 Å². The van der Waals surface area contributed by atoms with Crippen molar-refractivity contribution >= 4 is 47.6 Å². The Kier molecular flexibility index (Phi) is 5.42. The van der Waals surface area contributed by atoms with E-state index in [1.165, 1.54) is 6.07 Å². The summed E-state index contributed by atoms with van der Waals surface area (Å²) in [6.45, 7) is 3.27. The third kappa shape index (κ3) is 4.42. The monoisotopic (exact) mass is 414 g/mol. The number of hydrogen-bond acceptors (Lipinski definition) is 4. The highest BCUT2D eigenvalue weighted by atomic mass is 79.9. The van der Waals surface area contributed by atoms with Gasteiger partial charge < -0.3 is 10.8 Å². The second kappa shape index (κ2) is 6.09. The number of sulfonamides is 1. The van der Waals surface area contributed by atoms with E-state index in [1.807, 2.05) is 0 Å². The molecule has 0 aliphatic carbocycles. The quantitative estimate of drug-likeness (QED) is 0.643. The summed E-state index contributed by atoms with van der Waals surface area (Å²) in [4.78, 5) is -0.0254. The lowest BCUT2D eigenvalue weighted by molar-refractivity contribution is 0.0613. The number of halogens is 2. The number of benzene rings is 1. The van der Waals surface area contributed by atoms with Crippen LogP contribution in [0.2, 0.25) is 0 Å². The SMILES string of the molecule is CCC(C)(O)CNS(=O)(=O)c1c(N)cc(Br)cc1Br. The maximum atomic E-state index is 12.2. The molecule has 0 radical (unpaired) electrons. The Morgan fingerprint density at radius 1 is 1.42 bits per heavy atom. The molecule has 0 aliphatic heterocycles. The first kappa shape index (κ1) is 16.9. The molecule has 0 aliphatic rings. The molecule has 0 heterocycles. The van der Waals surface area contributed by atoms with Gasteiger partial charge in [-0.3, -0.25) is 0 Å². The molecule has 5 nitrogen and oxygen atoms in total. The number of rotatable bonds is 5. The van der Waals surface area contributed by atoms with Crippen molar-refractivity contribution in [3.05, 3.63) is 21.1 Å². The second-order valence-electron chi connectivity index (χ2n) is 4.48. The third-order valence-electron chi connectivity index (χ3n) is 2.71.